The molecule has 2 nitrogen and oxygen atoms in total. The van der Waals surface area contributed by atoms with Crippen LogP contribution >= 0.6 is 0 Å². The molecule has 0 saturated carbocycles. The molecule has 2 heteroatoms. The fourth-order valence-corrected chi connectivity index (χ4v) is 1.94. The fraction of sp³-hybridized carbons (Fsp3) is 0.455. The van der Waals surface area contributed by atoms with Gasteiger partial charge in [-0.2, -0.15) is 0 Å². The van der Waals surface area contributed by atoms with Gasteiger partial charge in [0.2, 0.25) is 0 Å². The summed E-state index contributed by atoms with van der Waals surface area (Å²) in [6.07, 6.45) is 1.06. The van der Waals surface area contributed by atoms with E-state index in [4.69, 9.17) is 5.11 Å². The molecular formula is C11H15NO. The van der Waals surface area contributed by atoms with Gasteiger partial charge in [-0.25, -0.2) is 0 Å². The van der Waals surface area contributed by atoms with Crippen LogP contribution in [0.5, 0.6) is 0 Å². The summed E-state index contributed by atoms with van der Waals surface area (Å²) in [6.45, 7) is 1.25. The molecule has 70 valence electrons. The van der Waals surface area contributed by atoms with Crippen molar-refractivity contribution >= 4 is 0 Å². The van der Waals surface area contributed by atoms with Crippen molar-refractivity contribution in [3.05, 3.63) is 35.9 Å². The zero-order valence-corrected chi connectivity index (χ0v) is 7.61. The Balaban J connectivity index is 2.04. The van der Waals surface area contributed by atoms with Crippen LogP contribution < -0.4 is 5.32 Å². The van der Waals surface area contributed by atoms with Gasteiger partial charge in [0.15, 0.2) is 0 Å². The first-order valence-electron chi connectivity index (χ1n) is 4.79. The van der Waals surface area contributed by atoms with Gasteiger partial charge in [0.25, 0.3) is 0 Å². The molecule has 0 spiro atoms. The first-order chi connectivity index (χ1) is 6.40. The van der Waals surface area contributed by atoms with Gasteiger partial charge < -0.3 is 10.4 Å². The maximum absolute atomic E-state index is 8.97. The fourth-order valence-electron chi connectivity index (χ4n) is 1.94. The minimum Gasteiger partial charge on any atom is -0.395 e. The number of aliphatic hydroxyl groups is 1. The molecule has 1 aromatic carbocycles. The number of rotatable bonds is 2. The lowest BCUT2D eigenvalue weighted by Crippen LogP contribution is -2.24. The molecule has 0 bridgehead atoms. The van der Waals surface area contributed by atoms with Crippen LogP contribution in [-0.4, -0.2) is 24.3 Å². The molecule has 1 saturated heterocycles. The van der Waals surface area contributed by atoms with E-state index in [2.05, 4.69) is 29.6 Å². The van der Waals surface area contributed by atoms with Gasteiger partial charge in [0, 0.05) is 12.6 Å². The highest BCUT2D eigenvalue weighted by Crippen LogP contribution is 2.24. The maximum atomic E-state index is 8.97. The third-order valence-corrected chi connectivity index (χ3v) is 2.71. The molecule has 0 radical (unpaired) electrons. The van der Waals surface area contributed by atoms with Gasteiger partial charge in [0.05, 0.1) is 6.61 Å². The van der Waals surface area contributed by atoms with Gasteiger partial charge in [-0.3, -0.25) is 0 Å². The molecule has 2 rings (SSSR count). The van der Waals surface area contributed by atoms with Crippen LogP contribution in [0.15, 0.2) is 30.3 Å². The molecule has 13 heavy (non-hydrogen) atoms. The first-order valence-corrected chi connectivity index (χ1v) is 4.79. The summed E-state index contributed by atoms with van der Waals surface area (Å²) in [4.78, 5) is 0. The summed E-state index contributed by atoms with van der Waals surface area (Å²) in [7, 11) is 0. The highest BCUT2D eigenvalue weighted by atomic mass is 16.3. The third-order valence-electron chi connectivity index (χ3n) is 2.71. The van der Waals surface area contributed by atoms with Crippen molar-refractivity contribution in [2.24, 2.45) is 0 Å². The molecule has 2 atom stereocenters. The molecular weight excluding hydrogens is 162 g/mol. The van der Waals surface area contributed by atoms with E-state index in [0.29, 0.717) is 12.0 Å². The smallest absolute Gasteiger partial charge is 0.0584 e. The van der Waals surface area contributed by atoms with Gasteiger partial charge in [-0.05, 0) is 17.9 Å². The largest absolute Gasteiger partial charge is 0.395 e. The predicted molar refractivity (Wildman–Crippen MR) is 52.7 cm³/mol. The van der Waals surface area contributed by atoms with Crippen molar-refractivity contribution in [3.63, 3.8) is 0 Å². The second kappa shape index (κ2) is 3.90. The topological polar surface area (TPSA) is 32.3 Å². The molecule has 0 aromatic heterocycles. The van der Waals surface area contributed by atoms with E-state index < -0.39 is 0 Å². The Morgan fingerprint density at radius 1 is 1.31 bits per heavy atom. The van der Waals surface area contributed by atoms with Crippen LogP contribution in [0.4, 0.5) is 0 Å². The summed E-state index contributed by atoms with van der Waals surface area (Å²) in [5.41, 5.74) is 1.38. The molecule has 0 amide bonds. The average molecular weight is 177 g/mol. The summed E-state index contributed by atoms with van der Waals surface area (Å²) >= 11 is 0. The van der Waals surface area contributed by atoms with E-state index in [1.54, 1.807) is 0 Å². The van der Waals surface area contributed by atoms with Crippen molar-refractivity contribution in [3.8, 4) is 0 Å². The highest BCUT2D eigenvalue weighted by Gasteiger charge is 2.23. The van der Waals surface area contributed by atoms with E-state index in [0.717, 1.165) is 13.0 Å². The van der Waals surface area contributed by atoms with E-state index in [1.807, 2.05) is 6.07 Å². The quantitative estimate of drug-likeness (QED) is 0.709. The van der Waals surface area contributed by atoms with Crippen molar-refractivity contribution in [2.75, 3.05) is 13.2 Å². The predicted octanol–water partition coefficient (Wildman–Crippen LogP) is 1.12. The Morgan fingerprint density at radius 3 is 2.69 bits per heavy atom. The Morgan fingerprint density at radius 2 is 2.08 bits per heavy atom. The Bertz CT molecular complexity index is 260. The van der Waals surface area contributed by atoms with Crippen LogP contribution in [0.3, 0.4) is 0 Å². The van der Waals surface area contributed by atoms with Gasteiger partial charge in [-0.15, -0.1) is 0 Å². The normalized spacial score (nSPS) is 27.8. The third kappa shape index (κ3) is 1.90. The molecule has 1 heterocycles. The minimum atomic E-state index is 0.253. The van der Waals surface area contributed by atoms with Crippen LogP contribution in [0.1, 0.15) is 17.9 Å². The standard InChI is InChI=1S/C11H15NO/c13-8-11-6-10(7-12-11)9-4-2-1-3-5-9/h1-5,10-13H,6-8H2/t10-,11-/m1/s1. The lowest BCUT2D eigenvalue weighted by molar-refractivity contribution is 0.254. The number of hydrogen-bond donors (Lipinski definition) is 2. The minimum absolute atomic E-state index is 0.253. The van der Waals surface area contributed by atoms with E-state index >= 15 is 0 Å². The molecule has 1 aromatic rings. The molecule has 1 aliphatic heterocycles. The number of hydrogen-bond acceptors (Lipinski definition) is 2. The highest BCUT2D eigenvalue weighted by molar-refractivity contribution is 5.21. The molecule has 1 aliphatic rings. The van der Waals surface area contributed by atoms with Crippen LogP contribution in [-0.2, 0) is 0 Å². The second-order valence-electron chi connectivity index (χ2n) is 3.63. The second-order valence-corrected chi connectivity index (χ2v) is 3.63. The lowest BCUT2D eigenvalue weighted by atomic mass is 9.97. The molecule has 0 aliphatic carbocycles. The van der Waals surface area contributed by atoms with Gasteiger partial charge in [0.1, 0.15) is 0 Å². The lowest BCUT2D eigenvalue weighted by Gasteiger charge is -2.08. The Kier molecular flexibility index (Phi) is 2.62. The van der Waals surface area contributed by atoms with Crippen molar-refractivity contribution in [1.29, 1.82) is 0 Å². The number of aliphatic hydroxyl groups excluding tert-OH is 1. The van der Waals surface area contributed by atoms with Crippen LogP contribution in [0.2, 0.25) is 0 Å². The summed E-state index contributed by atoms with van der Waals surface area (Å²) in [5.74, 6) is 0.582. The van der Waals surface area contributed by atoms with E-state index in [9.17, 15) is 0 Å². The van der Waals surface area contributed by atoms with E-state index in [-0.39, 0.29) is 6.61 Å². The summed E-state index contributed by atoms with van der Waals surface area (Å²) < 4.78 is 0. The summed E-state index contributed by atoms with van der Waals surface area (Å²) in [5, 5.41) is 12.3. The average Bonchev–Trinajstić information content (AvgIpc) is 2.67. The van der Waals surface area contributed by atoms with Gasteiger partial charge in [-0.1, -0.05) is 30.3 Å². The monoisotopic (exact) mass is 177 g/mol. The van der Waals surface area contributed by atoms with Crippen LogP contribution in [0.25, 0.3) is 0 Å². The number of nitrogens with one attached hydrogen (secondary N) is 1. The molecule has 2 N–H and O–H groups in total. The van der Waals surface area contributed by atoms with Crippen molar-refractivity contribution < 1.29 is 5.11 Å². The zero-order chi connectivity index (χ0) is 9.10. The molecule has 1 fully saturated rings. The summed E-state index contributed by atoms with van der Waals surface area (Å²) in [6, 6.07) is 10.8. The van der Waals surface area contributed by atoms with Crippen molar-refractivity contribution in [1.82, 2.24) is 5.32 Å². The first kappa shape index (κ1) is 8.73. The van der Waals surface area contributed by atoms with E-state index in [1.165, 1.54) is 5.56 Å². The SMILES string of the molecule is OC[C@H]1C[C@@H](c2ccccc2)CN1. The maximum Gasteiger partial charge on any atom is 0.0584 e. The molecule has 0 unspecified atom stereocenters. The Hall–Kier alpha value is -0.860. The number of benzene rings is 1. The Labute approximate surface area is 78.6 Å². The van der Waals surface area contributed by atoms with Crippen molar-refractivity contribution in [2.45, 2.75) is 18.4 Å². The van der Waals surface area contributed by atoms with Gasteiger partial charge >= 0.3 is 0 Å². The zero-order valence-electron chi connectivity index (χ0n) is 7.61. The van der Waals surface area contributed by atoms with Crippen LogP contribution in [0, 0.1) is 0 Å².